The molecule has 72 valence electrons. The minimum Gasteiger partial charge on any atom is -0.267 e. The van der Waals surface area contributed by atoms with Crippen molar-refractivity contribution in [1.82, 2.24) is 14.8 Å². The van der Waals surface area contributed by atoms with E-state index in [4.69, 9.17) is 0 Å². The summed E-state index contributed by atoms with van der Waals surface area (Å²) in [5.41, 5.74) is 1.12. The van der Waals surface area contributed by atoms with Gasteiger partial charge in [-0.25, -0.2) is 0 Å². The Morgan fingerprint density at radius 1 is 1.14 bits per heavy atom. The highest BCUT2D eigenvalue weighted by Crippen LogP contribution is 2.12. The van der Waals surface area contributed by atoms with Gasteiger partial charge in [-0.2, -0.15) is 5.10 Å². The quantitative estimate of drug-likeness (QED) is 0.853. The van der Waals surface area contributed by atoms with Crippen molar-refractivity contribution in [3.63, 3.8) is 0 Å². The average molecular weight is 317 g/mol. The van der Waals surface area contributed by atoms with Gasteiger partial charge in [0.2, 0.25) is 0 Å². The molecule has 0 spiro atoms. The summed E-state index contributed by atoms with van der Waals surface area (Å²) in [6.45, 7) is 0.734. The van der Waals surface area contributed by atoms with Crippen LogP contribution < -0.4 is 0 Å². The van der Waals surface area contributed by atoms with E-state index in [1.54, 1.807) is 12.4 Å². The van der Waals surface area contributed by atoms with Gasteiger partial charge in [-0.1, -0.05) is 0 Å². The summed E-state index contributed by atoms with van der Waals surface area (Å²) in [5, 5.41) is 4.17. The first-order valence-electron chi connectivity index (χ1n) is 4.01. The van der Waals surface area contributed by atoms with Crippen LogP contribution in [0.5, 0.6) is 0 Å². The van der Waals surface area contributed by atoms with E-state index in [1.807, 2.05) is 23.1 Å². The molecule has 2 rings (SSSR count). The number of pyridine rings is 1. The molecule has 0 aromatic carbocycles. The number of hydrogen-bond acceptors (Lipinski definition) is 2. The van der Waals surface area contributed by atoms with Crippen LogP contribution >= 0.6 is 31.9 Å². The van der Waals surface area contributed by atoms with Crippen LogP contribution in [-0.4, -0.2) is 14.8 Å². The Morgan fingerprint density at radius 2 is 2.00 bits per heavy atom. The van der Waals surface area contributed by atoms with Crippen molar-refractivity contribution < 1.29 is 0 Å². The lowest BCUT2D eigenvalue weighted by Crippen LogP contribution is -1.99. The second-order valence-electron chi connectivity index (χ2n) is 2.87. The predicted molar refractivity (Wildman–Crippen MR) is 61.0 cm³/mol. The van der Waals surface area contributed by atoms with Crippen molar-refractivity contribution in [1.29, 1.82) is 0 Å². The maximum atomic E-state index is 4.17. The molecule has 0 N–H and O–H groups in total. The average Bonchev–Trinajstić information content (AvgIpc) is 2.51. The van der Waals surface area contributed by atoms with Crippen molar-refractivity contribution in [3.05, 3.63) is 45.4 Å². The molecule has 0 unspecified atom stereocenters. The molecular weight excluding hydrogens is 310 g/mol. The van der Waals surface area contributed by atoms with Gasteiger partial charge in [0.1, 0.15) is 0 Å². The fourth-order valence-corrected chi connectivity index (χ4v) is 1.89. The Labute approximate surface area is 98.4 Å². The Morgan fingerprint density at radius 3 is 2.64 bits per heavy atom. The summed E-state index contributed by atoms with van der Waals surface area (Å²) in [6, 6.07) is 2.03. The van der Waals surface area contributed by atoms with E-state index in [0.717, 1.165) is 21.1 Å². The van der Waals surface area contributed by atoms with E-state index in [-0.39, 0.29) is 0 Å². The van der Waals surface area contributed by atoms with Gasteiger partial charge in [-0.05, 0) is 43.5 Å². The lowest BCUT2D eigenvalue weighted by atomic mass is 10.3. The van der Waals surface area contributed by atoms with Crippen LogP contribution in [0.25, 0.3) is 0 Å². The van der Waals surface area contributed by atoms with Gasteiger partial charge in [-0.3, -0.25) is 9.67 Å². The van der Waals surface area contributed by atoms with Crippen LogP contribution in [0.3, 0.4) is 0 Å². The van der Waals surface area contributed by atoms with Gasteiger partial charge in [-0.15, -0.1) is 0 Å². The molecule has 0 atom stereocenters. The minimum absolute atomic E-state index is 0.734. The topological polar surface area (TPSA) is 30.7 Å². The van der Waals surface area contributed by atoms with Crippen LogP contribution in [0, 0.1) is 0 Å². The van der Waals surface area contributed by atoms with Gasteiger partial charge in [0.25, 0.3) is 0 Å². The standard InChI is InChI=1S/C9H7Br2N3/c10-8-1-7(2-12-3-8)5-14-6-9(11)4-13-14/h1-4,6H,5H2. The molecule has 0 fully saturated rings. The molecule has 14 heavy (non-hydrogen) atoms. The molecule has 0 radical (unpaired) electrons. The van der Waals surface area contributed by atoms with Gasteiger partial charge < -0.3 is 0 Å². The highest BCUT2D eigenvalue weighted by Gasteiger charge is 1.98. The molecule has 3 nitrogen and oxygen atoms in total. The number of nitrogens with zero attached hydrogens (tertiary/aromatic N) is 3. The first-order valence-corrected chi connectivity index (χ1v) is 5.60. The summed E-state index contributed by atoms with van der Waals surface area (Å²) in [5.74, 6) is 0. The highest BCUT2D eigenvalue weighted by atomic mass is 79.9. The molecular formula is C9H7Br2N3. The van der Waals surface area contributed by atoms with Crippen molar-refractivity contribution in [2.75, 3.05) is 0 Å². The SMILES string of the molecule is Brc1cncc(Cn2cc(Br)cn2)c1. The Kier molecular flexibility index (Phi) is 2.98. The summed E-state index contributed by atoms with van der Waals surface area (Å²) in [6.07, 6.45) is 7.30. The molecule has 0 saturated heterocycles. The third-order valence-electron chi connectivity index (χ3n) is 1.71. The van der Waals surface area contributed by atoms with E-state index in [9.17, 15) is 0 Å². The van der Waals surface area contributed by atoms with E-state index in [2.05, 4.69) is 41.9 Å². The van der Waals surface area contributed by atoms with Crippen molar-refractivity contribution in [2.45, 2.75) is 6.54 Å². The second kappa shape index (κ2) is 4.23. The van der Waals surface area contributed by atoms with Crippen molar-refractivity contribution >= 4 is 31.9 Å². The van der Waals surface area contributed by atoms with Crippen molar-refractivity contribution in [2.24, 2.45) is 0 Å². The zero-order valence-electron chi connectivity index (χ0n) is 7.19. The second-order valence-corrected chi connectivity index (χ2v) is 4.70. The number of halogens is 2. The Balaban J connectivity index is 2.18. The number of aromatic nitrogens is 3. The van der Waals surface area contributed by atoms with Crippen LogP contribution in [0.15, 0.2) is 39.8 Å². The lowest BCUT2D eigenvalue weighted by Gasteiger charge is -2.00. The smallest absolute Gasteiger partial charge is 0.0675 e. The molecule has 2 aromatic rings. The molecule has 0 saturated carbocycles. The van der Waals surface area contributed by atoms with Crippen LogP contribution in [0.1, 0.15) is 5.56 Å². The van der Waals surface area contributed by atoms with Gasteiger partial charge in [0.05, 0.1) is 17.2 Å². The first kappa shape index (κ1) is 9.86. The first-order chi connectivity index (χ1) is 6.74. The van der Waals surface area contributed by atoms with E-state index >= 15 is 0 Å². The summed E-state index contributed by atoms with van der Waals surface area (Å²) >= 11 is 6.73. The molecule has 0 bridgehead atoms. The maximum Gasteiger partial charge on any atom is 0.0675 e. The zero-order valence-corrected chi connectivity index (χ0v) is 10.4. The van der Waals surface area contributed by atoms with Gasteiger partial charge in [0, 0.05) is 23.1 Å². The molecule has 5 heteroatoms. The fraction of sp³-hybridized carbons (Fsp3) is 0.111. The third kappa shape index (κ3) is 2.42. The molecule has 2 aromatic heterocycles. The summed E-state index contributed by atoms with van der Waals surface area (Å²) in [4.78, 5) is 4.09. The van der Waals surface area contributed by atoms with Gasteiger partial charge >= 0.3 is 0 Å². The monoisotopic (exact) mass is 315 g/mol. The summed E-state index contributed by atoms with van der Waals surface area (Å²) in [7, 11) is 0. The molecule has 0 amide bonds. The normalized spacial score (nSPS) is 10.4. The lowest BCUT2D eigenvalue weighted by molar-refractivity contribution is 0.684. The molecule has 0 aliphatic heterocycles. The van der Waals surface area contributed by atoms with Crippen LogP contribution in [0.2, 0.25) is 0 Å². The van der Waals surface area contributed by atoms with E-state index in [1.165, 1.54) is 0 Å². The van der Waals surface area contributed by atoms with Crippen molar-refractivity contribution in [3.8, 4) is 0 Å². The highest BCUT2D eigenvalue weighted by molar-refractivity contribution is 9.10. The summed E-state index contributed by atoms with van der Waals surface area (Å²) < 4.78 is 3.83. The molecule has 2 heterocycles. The van der Waals surface area contributed by atoms with Gasteiger partial charge in [0.15, 0.2) is 0 Å². The number of hydrogen-bond donors (Lipinski definition) is 0. The fourth-order valence-electron chi connectivity index (χ4n) is 1.15. The Bertz CT molecular complexity index is 439. The molecule has 0 aliphatic carbocycles. The minimum atomic E-state index is 0.734. The van der Waals surface area contributed by atoms with E-state index in [0.29, 0.717) is 0 Å². The van der Waals surface area contributed by atoms with E-state index < -0.39 is 0 Å². The third-order valence-corrected chi connectivity index (χ3v) is 2.55. The van der Waals surface area contributed by atoms with Crippen LogP contribution in [-0.2, 0) is 6.54 Å². The zero-order chi connectivity index (χ0) is 9.97. The predicted octanol–water partition coefficient (Wildman–Crippen LogP) is 2.85. The molecule has 0 aliphatic rings. The number of rotatable bonds is 2. The maximum absolute atomic E-state index is 4.17. The Hall–Kier alpha value is -0.680. The largest absolute Gasteiger partial charge is 0.267 e. The van der Waals surface area contributed by atoms with Crippen LogP contribution in [0.4, 0.5) is 0 Å².